The maximum atomic E-state index is 13.3. The Morgan fingerprint density at radius 3 is 2.56 bits per heavy atom. The van der Waals surface area contributed by atoms with Crippen molar-refractivity contribution in [2.75, 3.05) is 0 Å². The van der Waals surface area contributed by atoms with E-state index in [9.17, 15) is 9.18 Å². The number of alkyl halides is 1. The number of hydrogen-bond donors (Lipinski definition) is 0. The molecule has 3 atom stereocenters. The van der Waals surface area contributed by atoms with E-state index in [0.29, 0.717) is 5.56 Å². The summed E-state index contributed by atoms with van der Waals surface area (Å²) in [5, 5.41) is 0. The molecule has 1 aliphatic rings. The Balaban J connectivity index is 2.30. The number of benzene rings is 1. The zero-order valence-electron chi connectivity index (χ0n) is 11.1. The zero-order valence-corrected chi connectivity index (χ0v) is 12.7. The molecule has 0 heterocycles. The van der Waals surface area contributed by atoms with Crippen molar-refractivity contribution in [1.82, 2.24) is 0 Å². The predicted octanol–water partition coefficient (Wildman–Crippen LogP) is 4.23. The van der Waals surface area contributed by atoms with Gasteiger partial charge in [-0.2, -0.15) is 0 Å². The third kappa shape index (κ3) is 2.13. The highest BCUT2D eigenvalue weighted by atomic mass is 79.9. The smallest absolute Gasteiger partial charge is 0.150 e. The molecule has 1 aromatic carbocycles. The molecule has 0 saturated heterocycles. The normalized spacial score (nSPS) is 26.8. The fourth-order valence-corrected chi connectivity index (χ4v) is 3.18. The van der Waals surface area contributed by atoms with Crippen molar-refractivity contribution in [3.8, 4) is 0 Å². The molecule has 1 aliphatic carbocycles. The molecule has 2 rings (SSSR count). The SMILES string of the molecule is Cc1cc(C2C(C(=O)C(C)Br)C2(C)C)ccc1F. The molecule has 0 aliphatic heterocycles. The van der Waals surface area contributed by atoms with Gasteiger partial charge in [-0.25, -0.2) is 4.39 Å². The molecule has 3 unspecified atom stereocenters. The molecule has 98 valence electrons. The summed E-state index contributed by atoms with van der Waals surface area (Å²) in [4.78, 5) is 12.0. The highest BCUT2D eigenvalue weighted by Gasteiger charge is 2.62. The summed E-state index contributed by atoms with van der Waals surface area (Å²) in [6, 6.07) is 5.17. The van der Waals surface area contributed by atoms with Crippen LogP contribution in [0.5, 0.6) is 0 Å². The second-order valence-electron chi connectivity index (χ2n) is 5.80. The van der Waals surface area contributed by atoms with Crippen molar-refractivity contribution >= 4 is 21.7 Å². The number of hydrogen-bond acceptors (Lipinski definition) is 1. The molecular weight excluding hydrogens is 295 g/mol. The Morgan fingerprint density at radius 1 is 1.44 bits per heavy atom. The van der Waals surface area contributed by atoms with Crippen LogP contribution in [-0.2, 0) is 4.79 Å². The van der Waals surface area contributed by atoms with Crippen molar-refractivity contribution in [3.05, 3.63) is 35.1 Å². The van der Waals surface area contributed by atoms with Gasteiger partial charge in [0, 0.05) is 5.92 Å². The Kier molecular flexibility index (Phi) is 3.39. The van der Waals surface area contributed by atoms with E-state index < -0.39 is 0 Å². The van der Waals surface area contributed by atoms with Gasteiger partial charge in [-0.1, -0.05) is 41.9 Å². The first-order valence-electron chi connectivity index (χ1n) is 6.20. The quantitative estimate of drug-likeness (QED) is 0.763. The van der Waals surface area contributed by atoms with Gasteiger partial charge >= 0.3 is 0 Å². The number of halogens is 2. The van der Waals surface area contributed by atoms with Crippen LogP contribution < -0.4 is 0 Å². The third-order valence-corrected chi connectivity index (χ3v) is 4.52. The van der Waals surface area contributed by atoms with Gasteiger partial charge in [0.05, 0.1) is 4.83 Å². The number of Topliss-reactive ketones (excluding diaryl/α,β-unsaturated/α-hetero) is 1. The Labute approximate surface area is 116 Å². The van der Waals surface area contributed by atoms with Crippen molar-refractivity contribution < 1.29 is 9.18 Å². The molecule has 0 aromatic heterocycles. The first-order valence-corrected chi connectivity index (χ1v) is 7.12. The first-order chi connectivity index (χ1) is 8.26. The Bertz CT molecular complexity index is 493. The lowest BCUT2D eigenvalue weighted by molar-refractivity contribution is -0.120. The van der Waals surface area contributed by atoms with Gasteiger partial charge in [0.1, 0.15) is 11.6 Å². The van der Waals surface area contributed by atoms with Gasteiger partial charge in [-0.05, 0) is 42.4 Å². The average molecular weight is 313 g/mol. The lowest BCUT2D eigenvalue weighted by Crippen LogP contribution is -2.15. The van der Waals surface area contributed by atoms with Crippen LogP contribution >= 0.6 is 15.9 Å². The summed E-state index contributed by atoms with van der Waals surface area (Å²) in [5.41, 5.74) is 1.70. The van der Waals surface area contributed by atoms with E-state index in [1.807, 2.05) is 13.0 Å². The lowest BCUT2D eigenvalue weighted by atomic mass is 10.0. The minimum atomic E-state index is -0.186. The fourth-order valence-electron chi connectivity index (χ4n) is 2.90. The summed E-state index contributed by atoms with van der Waals surface area (Å²) in [7, 11) is 0. The lowest BCUT2D eigenvalue weighted by Gasteiger charge is -2.04. The van der Waals surface area contributed by atoms with Gasteiger partial charge < -0.3 is 0 Å². The van der Waals surface area contributed by atoms with Crippen LogP contribution in [0.3, 0.4) is 0 Å². The molecule has 3 heteroatoms. The summed E-state index contributed by atoms with van der Waals surface area (Å²) in [5.74, 6) is 0.307. The van der Waals surface area contributed by atoms with Gasteiger partial charge in [-0.3, -0.25) is 4.79 Å². The van der Waals surface area contributed by atoms with Crippen molar-refractivity contribution in [2.45, 2.75) is 38.4 Å². The van der Waals surface area contributed by atoms with E-state index in [1.54, 1.807) is 13.0 Å². The molecular formula is C15H18BrFO. The van der Waals surface area contributed by atoms with Gasteiger partial charge in [0.25, 0.3) is 0 Å². The van der Waals surface area contributed by atoms with Gasteiger partial charge in [0.2, 0.25) is 0 Å². The second kappa shape index (κ2) is 4.44. The molecule has 0 spiro atoms. The maximum absolute atomic E-state index is 13.3. The predicted molar refractivity (Wildman–Crippen MR) is 74.5 cm³/mol. The molecule has 18 heavy (non-hydrogen) atoms. The minimum Gasteiger partial charge on any atom is -0.298 e. The largest absolute Gasteiger partial charge is 0.298 e. The summed E-state index contributed by atoms with van der Waals surface area (Å²) in [6.45, 7) is 7.84. The summed E-state index contributed by atoms with van der Waals surface area (Å²) < 4.78 is 13.3. The van der Waals surface area contributed by atoms with E-state index in [1.165, 1.54) is 6.07 Å². The van der Waals surface area contributed by atoms with E-state index in [4.69, 9.17) is 0 Å². The van der Waals surface area contributed by atoms with Crippen LogP contribution in [0.25, 0.3) is 0 Å². The third-order valence-electron chi connectivity index (χ3n) is 4.07. The number of rotatable bonds is 3. The second-order valence-corrected chi connectivity index (χ2v) is 7.18. The van der Waals surface area contributed by atoms with Crippen LogP contribution in [0.15, 0.2) is 18.2 Å². The van der Waals surface area contributed by atoms with Crippen LogP contribution in [0.4, 0.5) is 4.39 Å². The standard InChI is InChI=1S/C15H18BrFO/c1-8-7-10(5-6-11(8)17)12-13(15(12,3)4)14(18)9(2)16/h5-7,9,12-13H,1-4H3. The molecule has 0 amide bonds. The van der Waals surface area contributed by atoms with Crippen LogP contribution in [-0.4, -0.2) is 10.6 Å². The number of carbonyl (C=O) groups is 1. The number of aryl methyl sites for hydroxylation is 1. The molecule has 0 N–H and O–H groups in total. The van der Waals surface area contributed by atoms with Gasteiger partial charge in [-0.15, -0.1) is 0 Å². The van der Waals surface area contributed by atoms with Crippen LogP contribution in [0.2, 0.25) is 0 Å². The van der Waals surface area contributed by atoms with E-state index in [-0.39, 0.29) is 33.7 Å². The van der Waals surface area contributed by atoms with Crippen LogP contribution in [0.1, 0.15) is 37.8 Å². The number of ketones is 1. The highest BCUT2D eigenvalue weighted by molar-refractivity contribution is 9.10. The molecule has 0 radical (unpaired) electrons. The first kappa shape index (κ1) is 13.7. The van der Waals surface area contributed by atoms with Crippen molar-refractivity contribution in [3.63, 3.8) is 0 Å². The molecule has 1 aromatic rings. The Hall–Kier alpha value is -0.700. The summed E-state index contributed by atoms with van der Waals surface area (Å²) in [6.07, 6.45) is 0. The fraction of sp³-hybridized carbons (Fsp3) is 0.533. The Morgan fingerprint density at radius 2 is 2.06 bits per heavy atom. The van der Waals surface area contributed by atoms with Gasteiger partial charge in [0.15, 0.2) is 0 Å². The maximum Gasteiger partial charge on any atom is 0.150 e. The van der Waals surface area contributed by atoms with Crippen LogP contribution in [0, 0.1) is 24.1 Å². The van der Waals surface area contributed by atoms with Crippen molar-refractivity contribution in [1.29, 1.82) is 0 Å². The molecule has 0 bridgehead atoms. The molecule has 1 saturated carbocycles. The number of carbonyl (C=O) groups excluding carboxylic acids is 1. The molecule has 1 fully saturated rings. The van der Waals surface area contributed by atoms with E-state index in [2.05, 4.69) is 29.8 Å². The minimum absolute atomic E-state index is 0.0244. The van der Waals surface area contributed by atoms with E-state index >= 15 is 0 Å². The highest BCUT2D eigenvalue weighted by Crippen LogP contribution is 2.65. The summed E-state index contributed by atoms with van der Waals surface area (Å²) >= 11 is 3.35. The van der Waals surface area contributed by atoms with E-state index in [0.717, 1.165) is 5.56 Å². The topological polar surface area (TPSA) is 17.1 Å². The molecule has 1 nitrogen and oxygen atoms in total. The average Bonchev–Trinajstić information content (AvgIpc) is 2.84. The van der Waals surface area contributed by atoms with Crippen molar-refractivity contribution in [2.24, 2.45) is 11.3 Å². The zero-order chi connectivity index (χ0) is 13.7. The monoisotopic (exact) mass is 312 g/mol.